The molecule has 0 atom stereocenters. The van der Waals surface area contributed by atoms with E-state index in [0.717, 1.165) is 47.8 Å². The molecule has 2 heterocycles. The van der Waals surface area contributed by atoms with Crippen molar-refractivity contribution >= 4 is 46.3 Å². The van der Waals surface area contributed by atoms with Crippen LogP contribution < -0.4 is 0 Å². The Hall–Kier alpha value is -6.54. The molecule has 0 radical (unpaired) electrons. The molecule has 0 aliphatic carbocycles. The number of nitro benzene ring substituents is 4. The Balaban J connectivity index is 1.52. The molecule has 0 saturated heterocycles. The van der Waals surface area contributed by atoms with Gasteiger partial charge in [-0.2, -0.15) is 0 Å². The minimum atomic E-state index is -0.733. The van der Waals surface area contributed by atoms with Crippen molar-refractivity contribution in [3.8, 4) is 23.0 Å². The maximum atomic E-state index is 11.9. The number of hydrogen-bond donors (Lipinski definition) is 0. The number of rotatable bonds is 11. The summed E-state index contributed by atoms with van der Waals surface area (Å²) in [5, 5.41) is 63.9. The van der Waals surface area contributed by atoms with E-state index in [2.05, 4.69) is 20.4 Å². The highest BCUT2D eigenvalue weighted by Crippen LogP contribution is 2.41. The molecule has 0 spiro atoms. The quantitative estimate of drug-likeness (QED) is 0.105. The van der Waals surface area contributed by atoms with Crippen LogP contribution in [0.5, 0.6) is 0 Å². The molecule has 0 bridgehead atoms. The van der Waals surface area contributed by atoms with Gasteiger partial charge in [-0.15, -0.1) is 20.4 Å². The van der Waals surface area contributed by atoms with Crippen molar-refractivity contribution in [2.24, 2.45) is 0 Å². The third-order valence-electron chi connectivity index (χ3n) is 6.60. The predicted molar refractivity (Wildman–Crippen MR) is 169 cm³/mol. The SMILES string of the molecule is O=[N+]([O-])c1ccc(Sc2nnc(-c3nnc(Sc4ccc([N+](=O)[O-])cc4[N+](=O)[O-])n3-c3ccccc3)n2-c2ccccc2)c([N+](=O)[O-])c1. The summed E-state index contributed by atoms with van der Waals surface area (Å²) in [6.45, 7) is 0. The van der Waals surface area contributed by atoms with Crippen LogP contribution in [0.25, 0.3) is 23.0 Å². The fourth-order valence-electron chi connectivity index (χ4n) is 4.47. The van der Waals surface area contributed by atoms with Crippen LogP contribution >= 0.6 is 23.5 Å². The van der Waals surface area contributed by atoms with E-state index in [1.807, 2.05) is 0 Å². The lowest BCUT2D eigenvalue weighted by molar-refractivity contribution is -0.396. The molecule has 0 aliphatic heterocycles. The van der Waals surface area contributed by atoms with Gasteiger partial charge < -0.3 is 0 Å². The highest BCUT2D eigenvalue weighted by molar-refractivity contribution is 7.99. The fourth-order valence-corrected chi connectivity index (χ4v) is 6.35. The zero-order chi connectivity index (χ0) is 33.9. The summed E-state index contributed by atoms with van der Waals surface area (Å²) in [5.74, 6) is 0.268. The second-order valence-electron chi connectivity index (χ2n) is 9.49. The van der Waals surface area contributed by atoms with Gasteiger partial charge in [0.05, 0.1) is 41.6 Å². The molecule has 6 rings (SSSR count). The van der Waals surface area contributed by atoms with Gasteiger partial charge in [0, 0.05) is 23.5 Å². The van der Waals surface area contributed by atoms with Crippen molar-refractivity contribution < 1.29 is 19.7 Å². The lowest BCUT2D eigenvalue weighted by atomic mass is 10.3. The highest BCUT2D eigenvalue weighted by Gasteiger charge is 2.29. The number of para-hydroxylation sites is 2. The van der Waals surface area contributed by atoms with Crippen molar-refractivity contribution in [1.29, 1.82) is 0 Å². The van der Waals surface area contributed by atoms with E-state index >= 15 is 0 Å². The summed E-state index contributed by atoms with van der Waals surface area (Å²) in [4.78, 5) is 43.5. The van der Waals surface area contributed by atoms with Crippen molar-refractivity contribution in [1.82, 2.24) is 29.5 Å². The number of nitro groups is 4. The summed E-state index contributed by atoms with van der Waals surface area (Å²) in [6, 6.07) is 24.0. The molecule has 6 aromatic rings. The van der Waals surface area contributed by atoms with Gasteiger partial charge >= 0.3 is 0 Å². The smallest absolute Gasteiger partial charge is 0.267 e. The molecule has 4 aromatic carbocycles. The molecule has 20 heteroatoms. The molecule has 0 aliphatic rings. The van der Waals surface area contributed by atoms with E-state index in [4.69, 9.17) is 0 Å². The summed E-state index contributed by atoms with van der Waals surface area (Å²) < 4.78 is 3.14. The topological polar surface area (TPSA) is 234 Å². The van der Waals surface area contributed by atoms with Crippen molar-refractivity contribution in [3.05, 3.63) is 138 Å². The first-order chi connectivity index (χ1) is 23.1. The van der Waals surface area contributed by atoms with Crippen LogP contribution in [0, 0.1) is 40.5 Å². The maximum Gasteiger partial charge on any atom is 0.290 e. The van der Waals surface area contributed by atoms with E-state index < -0.39 is 42.4 Å². The van der Waals surface area contributed by atoms with Crippen LogP contribution in [0.15, 0.2) is 117 Å². The monoisotopic (exact) mass is 684 g/mol. The van der Waals surface area contributed by atoms with Crippen molar-refractivity contribution in [2.75, 3.05) is 0 Å². The van der Waals surface area contributed by atoms with Crippen LogP contribution in [0.2, 0.25) is 0 Å². The van der Waals surface area contributed by atoms with Crippen LogP contribution in [0.1, 0.15) is 0 Å². The average molecular weight is 685 g/mol. The Morgan fingerprint density at radius 3 is 1.19 bits per heavy atom. The zero-order valence-electron chi connectivity index (χ0n) is 23.8. The molecule has 0 saturated carbocycles. The Morgan fingerprint density at radius 2 is 0.854 bits per heavy atom. The maximum absolute atomic E-state index is 11.9. The second kappa shape index (κ2) is 13.1. The minimum absolute atomic E-state index is 0.0629. The van der Waals surface area contributed by atoms with Crippen molar-refractivity contribution in [2.45, 2.75) is 20.1 Å². The molecule has 18 nitrogen and oxygen atoms in total. The Bertz CT molecular complexity index is 2070. The number of non-ortho nitro benzene ring substituents is 2. The molecular formula is C28H16N10O8S2. The number of nitrogens with zero attached hydrogens (tertiary/aromatic N) is 10. The third kappa shape index (κ3) is 6.15. The number of benzene rings is 4. The van der Waals surface area contributed by atoms with E-state index in [9.17, 15) is 40.5 Å². The number of hydrogen-bond acceptors (Lipinski definition) is 14. The molecule has 238 valence electrons. The molecular weight excluding hydrogens is 669 g/mol. The first kappa shape index (κ1) is 31.4. The standard InChI is InChI=1S/C28H16N10O8S2/c39-35(40)19-11-13-23(21(15-19)37(43)44)47-27-31-29-25(33(27)17-7-3-1-4-8-17)26-30-32-28(34(26)18-9-5-2-6-10-18)48-24-14-12-20(36(41)42)16-22(24)38(45)46/h1-16H. The van der Waals surface area contributed by atoms with Gasteiger partial charge in [0.2, 0.25) is 22.0 Å². The van der Waals surface area contributed by atoms with Gasteiger partial charge in [0.1, 0.15) is 0 Å². The first-order valence-corrected chi connectivity index (χ1v) is 15.0. The van der Waals surface area contributed by atoms with Crippen LogP contribution in [0.3, 0.4) is 0 Å². The van der Waals surface area contributed by atoms with Crippen LogP contribution in [-0.4, -0.2) is 49.2 Å². The van der Waals surface area contributed by atoms with Gasteiger partial charge in [-0.05, 0) is 59.9 Å². The Kier molecular flexibility index (Phi) is 8.55. The van der Waals surface area contributed by atoms with Gasteiger partial charge in [0.15, 0.2) is 0 Å². The normalized spacial score (nSPS) is 10.9. The molecule has 0 N–H and O–H groups in total. The third-order valence-corrected chi connectivity index (χ3v) is 8.62. The van der Waals surface area contributed by atoms with Crippen molar-refractivity contribution in [3.63, 3.8) is 0 Å². The largest absolute Gasteiger partial charge is 0.290 e. The predicted octanol–water partition coefficient (Wildman–Crippen LogP) is 6.45. The Labute approximate surface area is 275 Å². The lowest BCUT2D eigenvalue weighted by Crippen LogP contribution is -2.05. The summed E-state index contributed by atoms with van der Waals surface area (Å²) in [6.07, 6.45) is 0. The summed E-state index contributed by atoms with van der Waals surface area (Å²) in [5.41, 5.74) is -0.848. The Morgan fingerprint density at radius 1 is 0.479 bits per heavy atom. The van der Waals surface area contributed by atoms with E-state index in [-0.39, 0.29) is 31.8 Å². The zero-order valence-corrected chi connectivity index (χ0v) is 25.4. The molecule has 0 amide bonds. The molecule has 2 aromatic heterocycles. The molecule has 0 fully saturated rings. The van der Waals surface area contributed by atoms with Gasteiger partial charge in [-0.3, -0.25) is 49.6 Å². The van der Waals surface area contributed by atoms with Gasteiger partial charge in [-0.25, -0.2) is 0 Å². The highest BCUT2D eigenvalue weighted by atomic mass is 32.2. The first-order valence-electron chi connectivity index (χ1n) is 13.4. The lowest BCUT2D eigenvalue weighted by Gasteiger charge is -2.12. The molecule has 0 unspecified atom stereocenters. The fraction of sp³-hybridized carbons (Fsp3) is 0. The van der Waals surface area contributed by atoms with Gasteiger partial charge in [0.25, 0.3) is 22.7 Å². The summed E-state index contributed by atoms with van der Waals surface area (Å²) in [7, 11) is 0. The number of aromatic nitrogens is 6. The van der Waals surface area contributed by atoms with Crippen LogP contribution in [0.4, 0.5) is 22.7 Å². The average Bonchev–Trinajstić information content (AvgIpc) is 3.69. The van der Waals surface area contributed by atoms with Crippen LogP contribution in [-0.2, 0) is 0 Å². The minimum Gasteiger partial charge on any atom is -0.267 e. The van der Waals surface area contributed by atoms with E-state index in [0.29, 0.717) is 11.4 Å². The van der Waals surface area contributed by atoms with E-state index in [1.54, 1.807) is 69.8 Å². The van der Waals surface area contributed by atoms with E-state index in [1.165, 1.54) is 12.1 Å². The second-order valence-corrected chi connectivity index (χ2v) is 11.5. The molecule has 48 heavy (non-hydrogen) atoms. The summed E-state index contributed by atoms with van der Waals surface area (Å²) >= 11 is 1.70. The van der Waals surface area contributed by atoms with Gasteiger partial charge in [-0.1, -0.05) is 36.4 Å².